The van der Waals surface area contributed by atoms with Gasteiger partial charge in [0, 0.05) is 51.4 Å². The van der Waals surface area contributed by atoms with Crippen LogP contribution in [0.25, 0.3) is 0 Å². The molecule has 1 aromatic carbocycles. The molecule has 5 N–H and O–H groups in total. The van der Waals surface area contributed by atoms with E-state index in [1.807, 2.05) is 24.3 Å². The van der Waals surface area contributed by atoms with Crippen molar-refractivity contribution in [3.63, 3.8) is 0 Å². The van der Waals surface area contributed by atoms with Crippen LogP contribution in [-0.2, 0) is 49.4 Å². The predicted octanol–water partition coefficient (Wildman–Crippen LogP) is 0.293. The Morgan fingerprint density at radius 3 is 1.96 bits per heavy atom. The Labute approximate surface area is 285 Å². The number of carbonyl (C=O) groups is 6. The number of unbranched alkanes of at least 4 members (excludes halogenated alkanes) is 2. The van der Waals surface area contributed by atoms with Crippen LogP contribution in [0, 0.1) is 0 Å². The summed E-state index contributed by atoms with van der Waals surface area (Å²) in [5, 5.41) is 27.6. The summed E-state index contributed by atoms with van der Waals surface area (Å²) >= 11 is 5.38. The van der Waals surface area contributed by atoms with Gasteiger partial charge in [0.05, 0.1) is 13.1 Å². The van der Waals surface area contributed by atoms with Gasteiger partial charge in [-0.25, -0.2) is 4.90 Å². The number of aliphatic carboxylic acids is 2. The third-order valence-electron chi connectivity index (χ3n) is 6.71. The topological polar surface area (TPSA) is 216 Å². The van der Waals surface area contributed by atoms with Gasteiger partial charge in [-0.3, -0.25) is 38.6 Å². The fourth-order valence-electron chi connectivity index (χ4n) is 4.42. The Kier molecular flexibility index (Phi) is 24.2. The van der Waals surface area contributed by atoms with Crippen molar-refractivity contribution in [2.75, 3.05) is 71.8 Å². The summed E-state index contributed by atoms with van der Waals surface area (Å²) in [7, 11) is 1.61. The SMILES string of the molecule is C.CNC(=O)CCCCCNC(=S)Nc1ccc(C[C@H](CN(CCN(CC(=O)O)CC(=O)O)COC=O)N(COC=O)COC=O)cc1. The molecule has 48 heavy (non-hydrogen) atoms. The molecular formula is C30H48N6O11S. The highest BCUT2D eigenvalue weighted by Crippen LogP contribution is 2.15. The monoisotopic (exact) mass is 700 g/mol. The number of carbonyl (C=O) groups excluding carboxylic acids is 4. The quantitative estimate of drug-likeness (QED) is 0.0261. The highest BCUT2D eigenvalue weighted by Gasteiger charge is 2.24. The standard InChI is InChI=1S/C29H44N6O11S.CH4/c1-30-26(39)5-3-2-4-10-31-29(47)32-24-8-6-23(7-9-24)13-25(35(18-45-21-37)19-46-22-38)14-34(17-44-20-36)12-11-33(15-27(40)41)16-28(42)43;/h6-9,20-22,25H,2-5,10-19H2,1H3,(H,30,39)(H,40,41)(H,42,43)(H2,31,32,47);1H4/t25-;/m1./s1. The lowest BCUT2D eigenvalue weighted by molar-refractivity contribution is -0.147. The molecule has 1 aromatic rings. The van der Waals surface area contributed by atoms with Crippen LogP contribution in [0.2, 0.25) is 0 Å². The van der Waals surface area contributed by atoms with Crippen LogP contribution < -0.4 is 16.0 Å². The minimum absolute atomic E-state index is 0. The highest BCUT2D eigenvalue weighted by atomic mass is 32.1. The number of hydrogen-bond acceptors (Lipinski definition) is 13. The number of amides is 1. The van der Waals surface area contributed by atoms with Crippen molar-refractivity contribution in [3.05, 3.63) is 29.8 Å². The van der Waals surface area contributed by atoms with Crippen molar-refractivity contribution in [3.8, 4) is 0 Å². The number of ether oxygens (including phenoxy) is 3. The normalized spacial score (nSPS) is 11.2. The van der Waals surface area contributed by atoms with Crippen LogP contribution in [0.5, 0.6) is 0 Å². The predicted molar refractivity (Wildman–Crippen MR) is 179 cm³/mol. The van der Waals surface area contributed by atoms with E-state index in [1.54, 1.807) is 16.8 Å². The first-order valence-electron chi connectivity index (χ1n) is 14.7. The first-order chi connectivity index (χ1) is 22.6. The van der Waals surface area contributed by atoms with E-state index in [-0.39, 0.29) is 72.6 Å². The molecule has 0 heterocycles. The third-order valence-corrected chi connectivity index (χ3v) is 6.95. The van der Waals surface area contributed by atoms with Crippen molar-refractivity contribution in [1.82, 2.24) is 25.3 Å². The van der Waals surface area contributed by atoms with Crippen LogP contribution in [0.3, 0.4) is 0 Å². The molecule has 0 spiro atoms. The second kappa shape index (κ2) is 26.7. The molecule has 1 atom stereocenters. The Morgan fingerprint density at radius 1 is 0.854 bits per heavy atom. The molecule has 0 radical (unpaired) electrons. The minimum atomic E-state index is -1.20. The Morgan fingerprint density at radius 2 is 1.42 bits per heavy atom. The molecule has 0 aliphatic carbocycles. The first kappa shape index (κ1) is 43.6. The average molecular weight is 701 g/mol. The lowest BCUT2D eigenvalue weighted by atomic mass is 10.0. The van der Waals surface area contributed by atoms with Crippen molar-refractivity contribution in [1.29, 1.82) is 0 Å². The van der Waals surface area contributed by atoms with Crippen molar-refractivity contribution in [2.24, 2.45) is 0 Å². The van der Waals surface area contributed by atoms with Gasteiger partial charge in [0.25, 0.3) is 19.4 Å². The van der Waals surface area contributed by atoms with Crippen LogP contribution in [0.1, 0.15) is 38.7 Å². The number of anilines is 1. The zero-order valence-corrected chi connectivity index (χ0v) is 27.2. The molecule has 0 aliphatic rings. The number of hydrogen-bond donors (Lipinski definition) is 5. The minimum Gasteiger partial charge on any atom is -0.480 e. The van der Waals surface area contributed by atoms with Crippen LogP contribution in [0.4, 0.5) is 5.69 Å². The number of rotatable bonds is 28. The second-order valence-electron chi connectivity index (χ2n) is 10.3. The summed E-state index contributed by atoms with van der Waals surface area (Å²) < 4.78 is 14.9. The fourth-order valence-corrected chi connectivity index (χ4v) is 4.64. The smallest absolute Gasteiger partial charge is 0.317 e. The van der Waals surface area contributed by atoms with Crippen molar-refractivity contribution < 1.29 is 53.2 Å². The second-order valence-corrected chi connectivity index (χ2v) is 10.7. The summed E-state index contributed by atoms with van der Waals surface area (Å²) in [5.74, 6) is -2.39. The summed E-state index contributed by atoms with van der Waals surface area (Å²) in [5.41, 5.74) is 1.57. The van der Waals surface area contributed by atoms with Gasteiger partial charge in [-0.1, -0.05) is 26.0 Å². The van der Waals surface area contributed by atoms with Gasteiger partial charge in [0.2, 0.25) is 5.91 Å². The van der Waals surface area contributed by atoms with Crippen molar-refractivity contribution >= 4 is 60.3 Å². The molecule has 270 valence electrons. The van der Waals surface area contributed by atoms with Gasteiger partial charge < -0.3 is 40.4 Å². The van der Waals surface area contributed by atoms with E-state index in [4.69, 9.17) is 26.4 Å². The average Bonchev–Trinajstić information content (AvgIpc) is 3.03. The van der Waals surface area contributed by atoms with Gasteiger partial charge >= 0.3 is 11.9 Å². The molecule has 1 amide bonds. The number of benzene rings is 1. The van der Waals surface area contributed by atoms with Crippen LogP contribution in [0.15, 0.2) is 24.3 Å². The first-order valence-corrected chi connectivity index (χ1v) is 15.1. The molecule has 0 saturated heterocycles. The maximum atomic E-state index is 11.3. The molecule has 17 nitrogen and oxygen atoms in total. The maximum Gasteiger partial charge on any atom is 0.317 e. The summed E-state index contributed by atoms with van der Waals surface area (Å²) in [6.07, 6.45) is 3.35. The zero-order chi connectivity index (χ0) is 34.9. The van der Waals surface area contributed by atoms with Gasteiger partial charge in [-0.05, 0) is 49.2 Å². The Balaban J connectivity index is 0.0000221. The largest absolute Gasteiger partial charge is 0.480 e. The van der Waals surface area contributed by atoms with E-state index in [9.17, 15) is 39.0 Å². The zero-order valence-electron chi connectivity index (χ0n) is 26.3. The number of thiocarbonyl (C=S) groups is 1. The molecule has 0 unspecified atom stereocenters. The fraction of sp³-hybridized carbons (Fsp3) is 0.567. The number of carboxylic acid groups (broad SMARTS) is 2. The number of nitrogens with zero attached hydrogens (tertiary/aromatic N) is 3. The summed E-state index contributed by atoms with van der Waals surface area (Å²) in [6, 6.07) is 6.84. The highest BCUT2D eigenvalue weighted by molar-refractivity contribution is 7.80. The van der Waals surface area contributed by atoms with Gasteiger partial charge in [-0.2, -0.15) is 0 Å². The lowest BCUT2D eigenvalue weighted by Crippen LogP contribution is -2.49. The van der Waals surface area contributed by atoms with Gasteiger partial charge in [-0.15, -0.1) is 0 Å². The van der Waals surface area contributed by atoms with Crippen LogP contribution >= 0.6 is 12.2 Å². The molecule has 0 aliphatic heterocycles. The number of nitrogens with one attached hydrogen (secondary N) is 3. The van der Waals surface area contributed by atoms with E-state index in [0.717, 1.165) is 30.5 Å². The Hall–Kier alpha value is -4.39. The summed E-state index contributed by atoms with van der Waals surface area (Å²) in [6.45, 7) is -0.0180. The molecule has 0 bridgehead atoms. The molecule has 1 rings (SSSR count). The van der Waals surface area contributed by atoms with E-state index in [2.05, 4.69) is 16.0 Å². The van der Waals surface area contributed by atoms with E-state index in [0.29, 0.717) is 24.5 Å². The molecule has 0 fully saturated rings. The van der Waals surface area contributed by atoms with Gasteiger partial charge in [0.1, 0.15) is 20.2 Å². The lowest BCUT2D eigenvalue weighted by Gasteiger charge is -2.34. The molecule has 0 saturated carbocycles. The summed E-state index contributed by atoms with van der Waals surface area (Å²) in [4.78, 5) is 71.2. The van der Waals surface area contributed by atoms with Crippen LogP contribution in [-0.4, -0.2) is 140 Å². The maximum absolute atomic E-state index is 11.3. The molecular weight excluding hydrogens is 652 g/mol. The van der Waals surface area contributed by atoms with Crippen molar-refractivity contribution in [2.45, 2.75) is 45.6 Å². The van der Waals surface area contributed by atoms with E-state index >= 15 is 0 Å². The van der Waals surface area contributed by atoms with E-state index in [1.165, 1.54) is 4.90 Å². The molecule has 18 heteroatoms. The Bertz CT molecular complexity index is 1100. The van der Waals surface area contributed by atoms with E-state index < -0.39 is 31.1 Å². The third kappa shape index (κ3) is 20.7. The molecule has 0 aromatic heterocycles. The van der Waals surface area contributed by atoms with Gasteiger partial charge in [0.15, 0.2) is 5.11 Å². The number of carboxylic acids is 2.